The number of para-hydroxylation sites is 1. The van der Waals surface area contributed by atoms with Crippen LogP contribution in [-0.2, 0) is 11.2 Å². The largest absolute Gasteiger partial charge is 0.481 e. The summed E-state index contributed by atoms with van der Waals surface area (Å²) in [5.41, 5.74) is 2.80. The lowest BCUT2D eigenvalue weighted by atomic mass is 9.89. The van der Waals surface area contributed by atoms with Crippen molar-refractivity contribution >= 4 is 17.6 Å². The molecule has 1 unspecified atom stereocenters. The highest BCUT2D eigenvalue weighted by molar-refractivity contribution is 6.05. The minimum absolute atomic E-state index is 0.114. The van der Waals surface area contributed by atoms with Gasteiger partial charge in [-0.1, -0.05) is 23.4 Å². The first-order valence-corrected chi connectivity index (χ1v) is 8.70. The number of carbonyl (C=O) groups excluding carboxylic acids is 1. The normalized spacial score (nSPS) is 19.5. The van der Waals surface area contributed by atoms with Gasteiger partial charge in [-0.3, -0.25) is 9.59 Å². The van der Waals surface area contributed by atoms with Crippen LogP contribution in [-0.4, -0.2) is 28.7 Å². The molecule has 0 radical (unpaired) electrons. The molecule has 6 heteroatoms. The fraction of sp³-hybridized carbons (Fsp3) is 0.421. The quantitative estimate of drug-likeness (QED) is 0.903. The third-order valence-corrected chi connectivity index (χ3v) is 4.98. The van der Waals surface area contributed by atoms with E-state index in [1.807, 2.05) is 24.3 Å². The van der Waals surface area contributed by atoms with E-state index in [1.54, 1.807) is 11.0 Å². The summed E-state index contributed by atoms with van der Waals surface area (Å²) in [5, 5.41) is 13.0. The van der Waals surface area contributed by atoms with Crippen molar-refractivity contribution in [2.75, 3.05) is 11.4 Å². The Labute approximate surface area is 145 Å². The Balaban J connectivity index is 1.59. The Bertz CT molecular complexity index is 809. The molecule has 1 aromatic carbocycles. The van der Waals surface area contributed by atoms with E-state index in [0.717, 1.165) is 36.2 Å². The smallest absolute Gasteiger partial charge is 0.303 e. The average Bonchev–Trinajstić information content (AvgIpc) is 3.35. The monoisotopic (exact) mass is 340 g/mol. The maximum absolute atomic E-state index is 13.0. The lowest BCUT2D eigenvalue weighted by Gasteiger charge is -2.34. The standard InChI is InChI=1S/C19H20N2O4/c22-18(23)8-5-12-9-14-3-1-2-4-16(14)21(11-12)19(24)17-10-15(20-25-17)13-6-7-13/h1-4,10,12-13H,5-9,11H2,(H,22,23). The number of carbonyl (C=O) groups is 2. The van der Waals surface area contributed by atoms with Gasteiger partial charge in [0.05, 0.1) is 5.69 Å². The van der Waals surface area contributed by atoms with E-state index in [4.69, 9.17) is 9.63 Å². The van der Waals surface area contributed by atoms with Crippen molar-refractivity contribution in [1.82, 2.24) is 5.16 Å². The summed E-state index contributed by atoms with van der Waals surface area (Å²) in [6.45, 7) is 0.503. The molecule has 1 aliphatic carbocycles. The molecule has 0 bridgehead atoms. The van der Waals surface area contributed by atoms with Gasteiger partial charge in [0, 0.05) is 30.6 Å². The van der Waals surface area contributed by atoms with Gasteiger partial charge in [-0.15, -0.1) is 0 Å². The van der Waals surface area contributed by atoms with Gasteiger partial charge in [-0.25, -0.2) is 0 Å². The van der Waals surface area contributed by atoms with Crippen LogP contribution < -0.4 is 4.90 Å². The Morgan fingerprint density at radius 3 is 2.84 bits per heavy atom. The maximum atomic E-state index is 13.0. The van der Waals surface area contributed by atoms with E-state index in [-0.39, 0.29) is 24.0 Å². The summed E-state index contributed by atoms with van der Waals surface area (Å²) in [7, 11) is 0. The van der Waals surface area contributed by atoms with Crippen molar-refractivity contribution in [3.8, 4) is 0 Å². The Hall–Kier alpha value is -2.63. The number of nitrogens with zero attached hydrogens (tertiary/aromatic N) is 2. The van der Waals surface area contributed by atoms with E-state index >= 15 is 0 Å². The van der Waals surface area contributed by atoms with Crippen molar-refractivity contribution in [3.05, 3.63) is 47.3 Å². The fourth-order valence-corrected chi connectivity index (χ4v) is 3.49. The molecule has 1 atom stereocenters. The lowest BCUT2D eigenvalue weighted by Crippen LogP contribution is -2.40. The lowest BCUT2D eigenvalue weighted by molar-refractivity contribution is -0.137. The summed E-state index contributed by atoms with van der Waals surface area (Å²) in [4.78, 5) is 25.6. The van der Waals surface area contributed by atoms with Gasteiger partial charge in [0.15, 0.2) is 0 Å². The molecule has 1 saturated carbocycles. The molecule has 130 valence electrons. The van der Waals surface area contributed by atoms with Gasteiger partial charge in [0.2, 0.25) is 5.76 Å². The van der Waals surface area contributed by atoms with Crippen LogP contribution in [0.1, 0.15) is 53.4 Å². The molecule has 1 N–H and O–H groups in total. The van der Waals surface area contributed by atoms with Crippen molar-refractivity contribution in [2.45, 2.75) is 38.0 Å². The first kappa shape index (κ1) is 15.9. The fourth-order valence-electron chi connectivity index (χ4n) is 3.49. The van der Waals surface area contributed by atoms with Gasteiger partial charge < -0.3 is 14.5 Å². The zero-order valence-corrected chi connectivity index (χ0v) is 13.9. The van der Waals surface area contributed by atoms with Gasteiger partial charge in [-0.2, -0.15) is 0 Å². The number of carboxylic acids is 1. The Morgan fingerprint density at radius 2 is 2.08 bits per heavy atom. The minimum atomic E-state index is -0.805. The van der Waals surface area contributed by atoms with Crippen LogP contribution in [0.25, 0.3) is 0 Å². The molecule has 1 amide bonds. The number of hydrogen-bond donors (Lipinski definition) is 1. The number of carboxylic acid groups (broad SMARTS) is 1. The van der Waals surface area contributed by atoms with Gasteiger partial charge >= 0.3 is 5.97 Å². The number of benzene rings is 1. The summed E-state index contributed by atoms with van der Waals surface area (Å²) >= 11 is 0. The topological polar surface area (TPSA) is 83.6 Å². The predicted molar refractivity (Wildman–Crippen MR) is 90.7 cm³/mol. The number of aliphatic carboxylic acids is 1. The van der Waals surface area contributed by atoms with Crippen LogP contribution in [0.15, 0.2) is 34.9 Å². The van der Waals surface area contributed by atoms with Gasteiger partial charge in [-0.05, 0) is 43.2 Å². The molecule has 2 aromatic rings. The van der Waals surface area contributed by atoms with Crippen molar-refractivity contribution in [3.63, 3.8) is 0 Å². The Morgan fingerprint density at radius 1 is 1.28 bits per heavy atom. The highest BCUT2D eigenvalue weighted by Crippen LogP contribution is 2.40. The van der Waals surface area contributed by atoms with E-state index < -0.39 is 5.97 Å². The number of anilines is 1. The van der Waals surface area contributed by atoms with E-state index in [9.17, 15) is 9.59 Å². The number of fused-ring (bicyclic) bond motifs is 1. The molecule has 0 spiro atoms. The zero-order chi connectivity index (χ0) is 17.4. The highest BCUT2D eigenvalue weighted by atomic mass is 16.5. The van der Waals surface area contributed by atoms with E-state index in [2.05, 4.69) is 5.16 Å². The molecule has 1 aromatic heterocycles. The van der Waals surface area contributed by atoms with Gasteiger partial charge in [0.1, 0.15) is 0 Å². The molecule has 1 aliphatic heterocycles. The average molecular weight is 340 g/mol. The van der Waals surface area contributed by atoms with Crippen molar-refractivity contribution in [2.24, 2.45) is 5.92 Å². The molecule has 1 fully saturated rings. The third kappa shape index (κ3) is 3.29. The number of amides is 1. The molecule has 2 heterocycles. The Kier molecular flexibility index (Phi) is 4.03. The van der Waals surface area contributed by atoms with Crippen LogP contribution in [0, 0.1) is 5.92 Å². The number of hydrogen-bond acceptors (Lipinski definition) is 4. The second-order valence-electron chi connectivity index (χ2n) is 6.94. The molecule has 2 aliphatic rings. The van der Waals surface area contributed by atoms with Crippen molar-refractivity contribution in [1.29, 1.82) is 0 Å². The van der Waals surface area contributed by atoms with Crippen LogP contribution in [0.4, 0.5) is 5.69 Å². The summed E-state index contributed by atoms with van der Waals surface area (Å²) < 4.78 is 5.29. The summed E-state index contributed by atoms with van der Waals surface area (Å²) in [5.74, 6) is -0.188. The van der Waals surface area contributed by atoms with Crippen LogP contribution in [0.5, 0.6) is 0 Å². The van der Waals surface area contributed by atoms with Crippen LogP contribution in [0.3, 0.4) is 0 Å². The van der Waals surface area contributed by atoms with E-state index in [0.29, 0.717) is 18.9 Å². The number of rotatable bonds is 5. The molecule has 6 nitrogen and oxygen atoms in total. The SMILES string of the molecule is O=C(O)CCC1Cc2ccccc2N(C(=O)c2cc(C3CC3)no2)C1. The van der Waals surface area contributed by atoms with Crippen LogP contribution in [0.2, 0.25) is 0 Å². The first-order chi connectivity index (χ1) is 12.1. The maximum Gasteiger partial charge on any atom is 0.303 e. The van der Waals surface area contributed by atoms with E-state index in [1.165, 1.54) is 0 Å². The molecular formula is C19H20N2O4. The van der Waals surface area contributed by atoms with Crippen LogP contribution >= 0.6 is 0 Å². The zero-order valence-electron chi connectivity index (χ0n) is 13.9. The summed E-state index contributed by atoms with van der Waals surface area (Å²) in [6.07, 6.45) is 3.66. The second-order valence-corrected chi connectivity index (χ2v) is 6.94. The molecule has 25 heavy (non-hydrogen) atoms. The summed E-state index contributed by atoms with van der Waals surface area (Å²) in [6, 6.07) is 9.54. The first-order valence-electron chi connectivity index (χ1n) is 8.70. The highest BCUT2D eigenvalue weighted by Gasteiger charge is 2.33. The third-order valence-electron chi connectivity index (χ3n) is 4.98. The minimum Gasteiger partial charge on any atom is -0.481 e. The van der Waals surface area contributed by atoms with Crippen molar-refractivity contribution < 1.29 is 19.2 Å². The molecule has 4 rings (SSSR count). The molecule has 0 saturated heterocycles. The van der Waals surface area contributed by atoms with Gasteiger partial charge in [0.25, 0.3) is 5.91 Å². The predicted octanol–water partition coefficient (Wildman–Crippen LogP) is 3.24. The number of aromatic nitrogens is 1. The molecular weight excluding hydrogens is 320 g/mol. The second kappa shape index (κ2) is 6.35.